The van der Waals surface area contributed by atoms with E-state index in [9.17, 15) is 18.0 Å². The Morgan fingerprint density at radius 2 is 1.73 bits per heavy atom. The van der Waals surface area contributed by atoms with E-state index in [0.717, 1.165) is 17.6 Å². The molecule has 0 spiro atoms. The zero-order valence-corrected chi connectivity index (χ0v) is 17.0. The van der Waals surface area contributed by atoms with Crippen molar-refractivity contribution in [1.29, 1.82) is 0 Å². The van der Waals surface area contributed by atoms with Gasteiger partial charge in [0.15, 0.2) is 5.58 Å². The van der Waals surface area contributed by atoms with Gasteiger partial charge >= 0.3 is 6.18 Å². The third kappa shape index (κ3) is 3.96. The molecule has 5 nitrogen and oxygen atoms in total. The Kier molecular flexibility index (Phi) is 5.13. The third-order valence-electron chi connectivity index (χ3n) is 5.26. The Morgan fingerprint density at radius 3 is 2.33 bits per heavy atom. The Bertz CT molecular complexity index is 1060. The van der Waals surface area contributed by atoms with Gasteiger partial charge in [-0.2, -0.15) is 13.2 Å². The van der Waals surface area contributed by atoms with Crippen LogP contribution < -0.4 is 0 Å². The van der Waals surface area contributed by atoms with Crippen molar-refractivity contribution in [3.05, 3.63) is 59.0 Å². The zero-order valence-electron chi connectivity index (χ0n) is 17.0. The lowest BCUT2D eigenvalue weighted by Crippen LogP contribution is -2.48. The van der Waals surface area contributed by atoms with Crippen LogP contribution in [-0.2, 0) is 17.5 Å². The summed E-state index contributed by atoms with van der Waals surface area (Å²) in [5, 5.41) is 0. The Labute approximate surface area is 172 Å². The van der Waals surface area contributed by atoms with Crippen LogP contribution in [0.4, 0.5) is 13.2 Å². The molecule has 30 heavy (non-hydrogen) atoms. The van der Waals surface area contributed by atoms with Crippen molar-refractivity contribution < 1.29 is 27.1 Å². The summed E-state index contributed by atoms with van der Waals surface area (Å²) in [4.78, 5) is 15.1. The van der Waals surface area contributed by atoms with Gasteiger partial charge in [0.2, 0.25) is 0 Å². The summed E-state index contributed by atoms with van der Waals surface area (Å²) in [6, 6.07) is 8.54. The summed E-state index contributed by atoms with van der Waals surface area (Å²) in [6.07, 6.45) is -4.52. The predicted molar refractivity (Wildman–Crippen MR) is 105 cm³/mol. The second-order valence-electron chi connectivity index (χ2n) is 7.88. The van der Waals surface area contributed by atoms with Gasteiger partial charge in [0.1, 0.15) is 11.5 Å². The largest absolute Gasteiger partial charge is 0.460 e. The van der Waals surface area contributed by atoms with Crippen LogP contribution in [0.1, 0.15) is 41.2 Å². The van der Waals surface area contributed by atoms with Gasteiger partial charge in [0.05, 0.1) is 23.3 Å². The lowest BCUT2D eigenvalue weighted by atomic mass is 10.1. The number of hydrogen-bond acceptors (Lipinski definition) is 3. The highest BCUT2D eigenvalue weighted by Gasteiger charge is 2.31. The molecule has 1 aromatic carbocycles. The average molecular weight is 420 g/mol. The number of nitrogens with zero attached hydrogens (tertiary/aromatic N) is 2. The summed E-state index contributed by atoms with van der Waals surface area (Å²) in [5.74, 6) is 0.557. The van der Waals surface area contributed by atoms with Crippen molar-refractivity contribution in [2.75, 3.05) is 13.1 Å². The standard InChI is InChI=1S/C22H23F3N2O3/c1-13-8-18-20(30-13)9-19(21(28)26-10-14(2)29-15(3)11-26)27(18)12-16-4-6-17(7-5-16)22(23,24)25/h4-9,14-15H,10-12H2,1-3H3. The molecule has 1 saturated heterocycles. The number of benzene rings is 1. The number of halogens is 3. The quantitative estimate of drug-likeness (QED) is 0.608. The van der Waals surface area contributed by atoms with Crippen LogP contribution in [0.25, 0.3) is 11.1 Å². The molecule has 0 aliphatic carbocycles. The minimum atomic E-state index is -4.38. The molecule has 1 fully saturated rings. The van der Waals surface area contributed by atoms with Crippen LogP contribution in [0, 0.1) is 6.92 Å². The highest BCUT2D eigenvalue weighted by Crippen LogP contribution is 2.30. The lowest BCUT2D eigenvalue weighted by molar-refractivity contribution is -0.137. The van der Waals surface area contributed by atoms with Crippen molar-refractivity contribution in [1.82, 2.24) is 9.47 Å². The third-order valence-corrected chi connectivity index (χ3v) is 5.26. The second kappa shape index (κ2) is 7.50. The Balaban J connectivity index is 1.69. The maximum absolute atomic E-state index is 13.3. The number of furan rings is 1. The van der Waals surface area contributed by atoms with Crippen molar-refractivity contribution in [3.63, 3.8) is 0 Å². The van der Waals surface area contributed by atoms with Gasteiger partial charge in [-0.3, -0.25) is 4.79 Å². The molecular weight excluding hydrogens is 397 g/mol. The fourth-order valence-corrected chi connectivity index (χ4v) is 4.00. The molecule has 0 bridgehead atoms. The maximum Gasteiger partial charge on any atom is 0.416 e. The highest BCUT2D eigenvalue weighted by atomic mass is 19.4. The van der Waals surface area contributed by atoms with E-state index in [4.69, 9.17) is 9.15 Å². The number of fused-ring (bicyclic) bond motifs is 1. The number of carbonyl (C=O) groups is 1. The number of hydrogen-bond donors (Lipinski definition) is 0. The van der Waals surface area contributed by atoms with Crippen molar-refractivity contribution in [2.24, 2.45) is 0 Å². The molecule has 2 unspecified atom stereocenters. The fourth-order valence-electron chi connectivity index (χ4n) is 4.00. The Hall–Kier alpha value is -2.74. The number of amides is 1. The topological polar surface area (TPSA) is 47.6 Å². The summed E-state index contributed by atoms with van der Waals surface area (Å²) in [6.45, 7) is 6.88. The van der Waals surface area contributed by atoms with Crippen molar-refractivity contribution in [2.45, 2.75) is 45.7 Å². The van der Waals surface area contributed by atoms with Crippen LogP contribution in [0.15, 0.2) is 40.8 Å². The van der Waals surface area contributed by atoms with E-state index in [-0.39, 0.29) is 24.7 Å². The summed E-state index contributed by atoms with van der Waals surface area (Å²) in [7, 11) is 0. The molecule has 0 saturated carbocycles. The van der Waals surface area contributed by atoms with E-state index in [1.54, 1.807) is 11.0 Å². The van der Waals surface area contributed by atoms with E-state index in [1.165, 1.54) is 12.1 Å². The number of alkyl halides is 3. The maximum atomic E-state index is 13.3. The van der Waals surface area contributed by atoms with Gasteiger partial charge in [0, 0.05) is 31.8 Å². The van der Waals surface area contributed by atoms with Crippen LogP contribution in [0.3, 0.4) is 0 Å². The first-order valence-electron chi connectivity index (χ1n) is 9.82. The van der Waals surface area contributed by atoms with Crippen LogP contribution in [-0.4, -0.2) is 40.7 Å². The number of morpholine rings is 1. The normalized spacial score (nSPS) is 20.1. The SMILES string of the molecule is Cc1cc2c(cc(C(=O)N3CC(C)OC(C)C3)n2Cc2ccc(C(F)(F)F)cc2)o1. The van der Waals surface area contributed by atoms with Crippen LogP contribution in [0.2, 0.25) is 0 Å². The van der Waals surface area contributed by atoms with E-state index < -0.39 is 11.7 Å². The Morgan fingerprint density at radius 1 is 1.10 bits per heavy atom. The molecule has 1 amide bonds. The molecule has 3 aromatic rings. The number of carbonyl (C=O) groups excluding carboxylic acids is 1. The van der Waals surface area contributed by atoms with E-state index in [1.807, 2.05) is 31.4 Å². The molecule has 0 N–H and O–H groups in total. The average Bonchev–Trinajstić information content (AvgIpc) is 3.17. The molecular formula is C22H23F3N2O3. The van der Waals surface area contributed by atoms with Gasteiger partial charge in [-0.05, 0) is 38.5 Å². The molecule has 1 aliphatic heterocycles. The molecule has 0 radical (unpaired) electrons. The summed E-state index contributed by atoms with van der Waals surface area (Å²) >= 11 is 0. The van der Waals surface area contributed by atoms with Gasteiger partial charge in [-0.1, -0.05) is 12.1 Å². The van der Waals surface area contributed by atoms with Gasteiger partial charge in [-0.25, -0.2) is 0 Å². The van der Waals surface area contributed by atoms with Crippen LogP contribution >= 0.6 is 0 Å². The van der Waals surface area contributed by atoms with Gasteiger partial charge in [-0.15, -0.1) is 0 Å². The van der Waals surface area contributed by atoms with Crippen LogP contribution in [0.5, 0.6) is 0 Å². The molecule has 3 heterocycles. The zero-order chi connectivity index (χ0) is 21.6. The molecule has 8 heteroatoms. The van der Waals surface area contributed by atoms with E-state index >= 15 is 0 Å². The number of ether oxygens (including phenoxy) is 1. The number of aryl methyl sites for hydroxylation is 1. The molecule has 4 rings (SSSR count). The predicted octanol–water partition coefficient (Wildman–Crippen LogP) is 4.86. The molecule has 2 aromatic heterocycles. The van der Waals surface area contributed by atoms with Gasteiger partial charge in [0.25, 0.3) is 5.91 Å². The fraction of sp³-hybridized carbons (Fsp3) is 0.409. The van der Waals surface area contributed by atoms with E-state index in [2.05, 4.69) is 0 Å². The summed E-state index contributed by atoms with van der Waals surface area (Å²) in [5.41, 5.74) is 1.74. The molecule has 2 atom stereocenters. The highest BCUT2D eigenvalue weighted by molar-refractivity contribution is 5.97. The minimum absolute atomic E-state index is 0.0683. The number of aromatic nitrogens is 1. The lowest BCUT2D eigenvalue weighted by Gasteiger charge is -2.35. The first kappa shape index (κ1) is 20.5. The molecule has 1 aliphatic rings. The monoisotopic (exact) mass is 420 g/mol. The first-order valence-corrected chi connectivity index (χ1v) is 9.82. The second-order valence-corrected chi connectivity index (χ2v) is 7.88. The smallest absolute Gasteiger partial charge is 0.416 e. The first-order chi connectivity index (χ1) is 14.1. The van der Waals surface area contributed by atoms with Crippen molar-refractivity contribution >= 4 is 17.0 Å². The minimum Gasteiger partial charge on any atom is -0.460 e. The van der Waals surface area contributed by atoms with Gasteiger partial charge < -0.3 is 18.6 Å². The summed E-state index contributed by atoms with van der Waals surface area (Å²) < 4.78 is 51.8. The molecule has 160 valence electrons. The number of rotatable bonds is 3. The van der Waals surface area contributed by atoms with E-state index in [0.29, 0.717) is 35.7 Å². The van der Waals surface area contributed by atoms with Crippen molar-refractivity contribution in [3.8, 4) is 0 Å².